The van der Waals surface area contributed by atoms with Gasteiger partial charge in [0.25, 0.3) is 0 Å². The van der Waals surface area contributed by atoms with Gasteiger partial charge in [-0.2, -0.15) is 0 Å². The fraction of sp³-hybridized carbons (Fsp3) is 0.0714. The number of hydrogen-bond acceptors (Lipinski definition) is 4. The molecule has 0 fully saturated rings. The van der Waals surface area contributed by atoms with Crippen LogP contribution in [0.5, 0.6) is 0 Å². The van der Waals surface area contributed by atoms with Gasteiger partial charge in [0.2, 0.25) is 0 Å². The number of rotatable bonds is 2. The Bertz CT molecular complexity index is 898. The fourth-order valence-corrected chi connectivity index (χ4v) is 2.79. The van der Waals surface area contributed by atoms with E-state index in [1.165, 1.54) is 6.07 Å². The van der Waals surface area contributed by atoms with Gasteiger partial charge in [0, 0.05) is 6.26 Å². The average molecular weight is 287 g/mol. The Balaban J connectivity index is 2.21. The van der Waals surface area contributed by atoms with E-state index < -0.39 is 9.84 Å². The molecule has 3 aromatic rings. The molecule has 0 saturated carbocycles. The van der Waals surface area contributed by atoms with Gasteiger partial charge in [-0.3, -0.25) is 4.57 Å². The van der Waals surface area contributed by atoms with Crippen LogP contribution in [0.1, 0.15) is 0 Å². The van der Waals surface area contributed by atoms with E-state index in [0.29, 0.717) is 11.4 Å². The molecule has 0 saturated heterocycles. The third-order valence-electron chi connectivity index (χ3n) is 3.14. The Morgan fingerprint density at radius 3 is 2.60 bits per heavy atom. The molecule has 0 amide bonds. The summed E-state index contributed by atoms with van der Waals surface area (Å²) < 4.78 is 24.9. The molecule has 0 aliphatic rings. The van der Waals surface area contributed by atoms with Gasteiger partial charge in [-0.15, -0.1) is 0 Å². The van der Waals surface area contributed by atoms with Crippen LogP contribution in [0.2, 0.25) is 0 Å². The van der Waals surface area contributed by atoms with Gasteiger partial charge in [0.15, 0.2) is 9.84 Å². The van der Waals surface area contributed by atoms with Crippen LogP contribution in [-0.2, 0) is 9.84 Å². The summed E-state index contributed by atoms with van der Waals surface area (Å²) in [4.78, 5) is 4.51. The minimum Gasteiger partial charge on any atom is -0.397 e. The van der Waals surface area contributed by atoms with Crippen molar-refractivity contribution >= 4 is 26.6 Å². The Hall–Kier alpha value is -2.34. The molecule has 0 atom stereocenters. The quantitative estimate of drug-likeness (QED) is 0.731. The minimum absolute atomic E-state index is 0.211. The number of nitrogens with zero attached hydrogens (tertiary/aromatic N) is 2. The summed E-state index contributed by atoms with van der Waals surface area (Å²) in [5.74, 6) is 0. The molecule has 102 valence electrons. The summed E-state index contributed by atoms with van der Waals surface area (Å²) in [6.07, 6.45) is 2.84. The van der Waals surface area contributed by atoms with Crippen molar-refractivity contribution in [2.75, 3.05) is 12.0 Å². The monoisotopic (exact) mass is 287 g/mol. The number of sulfone groups is 1. The smallest absolute Gasteiger partial charge is 0.175 e. The SMILES string of the molecule is CS(=O)(=O)c1ccc(-n2cnc3ccccc32)c(N)c1. The van der Waals surface area contributed by atoms with Crippen LogP contribution < -0.4 is 5.73 Å². The van der Waals surface area contributed by atoms with E-state index >= 15 is 0 Å². The molecule has 5 nitrogen and oxygen atoms in total. The summed E-state index contributed by atoms with van der Waals surface area (Å²) in [6, 6.07) is 12.4. The Morgan fingerprint density at radius 2 is 1.90 bits per heavy atom. The van der Waals surface area contributed by atoms with Crippen LogP contribution in [0.15, 0.2) is 53.7 Å². The highest BCUT2D eigenvalue weighted by atomic mass is 32.2. The molecule has 6 heteroatoms. The van der Waals surface area contributed by atoms with Crippen molar-refractivity contribution in [1.82, 2.24) is 9.55 Å². The maximum Gasteiger partial charge on any atom is 0.175 e. The van der Waals surface area contributed by atoms with Crippen LogP contribution in [0.25, 0.3) is 16.7 Å². The predicted molar refractivity (Wildman–Crippen MR) is 78.6 cm³/mol. The van der Waals surface area contributed by atoms with E-state index in [1.807, 2.05) is 28.8 Å². The number of para-hydroxylation sites is 2. The van der Waals surface area contributed by atoms with E-state index in [0.717, 1.165) is 17.3 Å². The van der Waals surface area contributed by atoms with E-state index in [-0.39, 0.29) is 4.90 Å². The lowest BCUT2D eigenvalue weighted by molar-refractivity contribution is 0.602. The lowest BCUT2D eigenvalue weighted by atomic mass is 10.2. The molecular formula is C14H13N3O2S. The van der Waals surface area contributed by atoms with E-state index in [2.05, 4.69) is 4.98 Å². The van der Waals surface area contributed by atoms with Crippen molar-refractivity contribution in [3.05, 3.63) is 48.8 Å². The third-order valence-corrected chi connectivity index (χ3v) is 4.25. The van der Waals surface area contributed by atoms with Crippen LogP contribution in [0.4, 0.5) is 5.69 Å². The summed E-state index contributed by atoms with van der Waals surface area (Å²) in [5, 5.41) is 0. The van der Waals surface area contributed by atoms with Crippen LogP contribution >= 0.6 is 0 Å². The van der Waals surface area contributed by atoms with Crippen molar-refractivity contribution in [1.29, 1.82) is 0 Å². The van der Waals surface area contributed by atoms with Gasteiger partial charge in [-0.25, -0.2) is 13.4 Å². The molecule has 2 aromatic carbocycles. The van der Waals surface area contributed by atoms with E-state index in [9.17, 15) is 8.42 Å². The Kier molecular flexibility index (Phi) is 2.76. The molecule has 0 aliphatic heterocycles. The number of hydrogen-bond donors (Lipinski definition) is 1. The lowest BCUT2D eigenvalue weighted by Crippen LogP contribution is -2.03. The maximum atomic E-state index is 11.5. The zero-order valence-corrected chi connectivity index (χ0v) is 11.6. The molecule has 0 spiro atoms. The van der Waals surface area contributed by atoms with Crippen molar-refractivity contribution in [3.63, 3.8) is 0 Å². The summed E-state index contributed by atoms with van der Waals surface area (Å²) in [5.41, 5.74) is 8.88. The zero-order chi connectivity index (χ0) is 14.3. The minimum atomic E-state index is -3.26. The van der Waals surface area contributed by atoms with Crippen molar-refractivity contribution in [3.8, 4) is 5.69 Å². The van der Waals surface area contributed by atoms with Gasteiger partial charge < -0.3 is 5.73 Å². The predicted octanol–water partition coefficient (Wildman–Crippen LogP) is 2.01. The van der Waals surface area contributed by atoms with Gasteiger partial charge in [-0.1, -0.05) is 12.1 Å². The molecule has 0 radical (unpaired) electrons. The molecule has 20 heavy (non-hydrogen) atoms. The van der Waals surface area contributed by atoms with Gasteiger partial charge in [0.05, 0.1) is 27.3 Å². The molecular weight excluding hydrogens is 274 g/mol. The molecule has 0 unspecified atom stereocenters. The normalized spacial score (nSPS) is 11.8. The highest BCUT2D eigenvalue weighted by Gasteiger charge is 2.12. The highest BCUT2D eigenvalue weighted by molar-refractivity contribution is 7.90. The van der Waals surface area contributed by atoms with Gasteiger partial charge in [0.1, 0.15) is 6.33 Å². The second-order valence-corrected chi connectivity index (χ2v) is 6.61. The second kappa shape index (κ2) is 4.35. The number of benzene rings is 2. The summed E-state index contributed by atoms with van der Waals surface area (Å²) in [6.45, 7) is 0. The highest BCUT2D eigenvalue weighted by Crippen LogP contribution is 2.25. The van der Waals surface area contributed by atoms with Crippen LogP contribution in [0.3, 0.4) is 0 Å². The number of aromatic nitrogens is 2. The van der Waals surface area contributed by atoms with Crippen molar-refractivity contribution in [2.45, 2.75) is 4.90 Å². The first-order valence-electron chi connectivity index (χ1n) is 5.99. The zero-order valence-electron chi connectivity index (χ0n) is 10.8. The van der Waals surface area contributed by atoms with Crippen LogP contribution in [0, 0.1) is 0 Å². The lowest BCUT2D eigenvalue weighted by Gasteiger charge is -2.09. The first-order valence-corrected chi connectivity index (χ1v) is 7.88. The molecule has 0 bridgehead atoms. The summed E-state index contributed by atoms with van der Waals surface area (Å²) >= 11 is 0. The topological polar surface area (TPSA) is 78.0 Å². The van der Waals surface area contributed by atoms with E-state index in [4.69, 9.17) is 5.73 Å². The average Bonchev–Trinajstić information content (AvgIpc) is 2.81. The van der Waals surface area contributed by atoms with E-state index in [1.54, 1.807) is 18.5 Å². The first-order chi connectivity index (χ1) is 9.47. The standard InChI is InChI=1S/C14H13N3O2S/c1-20(18,19)10-6-7-13(11(15)8-10)17-9-16-12-4-2-3-5-14(12)17/h2-9H,15H2,1H3. The number of nitrogens with two attached hydrogens (primary N) is 1. The molecule has 2 N–H and O–H groups in total. The largest absolute Gasteiger partial charge is 0.397 e. The number of nitrogen functional groups attached to an aromatic ring is 1. The van der Waals surface area contributed by atoms with Crippen molar-refractivity contribution < 1.29 is 8.42 Å². The summed E-state index contributed by atoms with van der Waals surface area (Å²) in [7, 11) is -3.26. The maximum absolute atomic E-state index is 11.5. The number of fused-ring (bicyclic) bond motifs is 1. The second-order valence-electron chi connectivity index (χ2n) is 4.60. The van der Waals surface area contributed by atoms with Gasteiger partial charge in [-0.05, 0) is 30.3 Å². The molecule has 3 rings (SSSR count). The van der Waals surface area contributed by atoms with Crippen molar-refractivity contribution in [2.24, 2.45) is 0 Å². The number of imidazole rings is 1. The van der Waals surface area contributed by atoms with Gasteiger partial charge >= 0.3 is 0 Å². The fourth-order valence-electron chi connectivity index (χ4n) is 2.13. The Morgan fingerprint density at radius 1 is 1.15 bits per heavy atom. The molecule has 0 aliphatic carbocycles. The van der Waals surface area contributed by atoms with Crippen LogP contribution in [-0.4, -0.2) is 24.2 Å². The molecule has 1 aromatic heterocycles. The Labute approximate surface area is 116 Å². The first kappa shape index (κ1) is 12.7. The molecule has 1 heterocycles. The third kappa shape index (κ3) is 2.04. The number of anilines is 1.